The highest BCUT2D eigenvalue weighted by Gasteiger charge is 2.49. The fourth-order valence-corrected chi connectivity index (χ4v) is 2.33. The second-order valence-electron chi connectivity index (χ2n) is 4.39. The molecule has 1 unspecified atom stereocenters. The normalized spacial score (nSPS) is 28.0. The van der Waals surface area contributed by atoms with Crippen LogP contribution >= 0.6 is 0 Å². The van der Waals surface area contributed by atoms with Crippen LogP contribution in [0.1, 0.15) is 24.8 Å². The highest BCUT2D eigenvalue weighted by atomic mass is 19.3. The minimum absolute atomic E-state index is 0.151. The molecule has 1 fully saturated rings. The van der Waals surface area contributed by atoms with Gasteiger partial charge in [0.1, 0.15) is 5.75 Å². The van der Waals surface area contributed by atoms with Crippen molar-refractivity contribution in [2.75, 3.05) is 7.11 Å². The Balaban J connectivity index is 2.37. The molecular weight excluding hydrogens is 212 g/mol. The van der Waals surface area contributed by atoms with E-state index in [0.717, 1.165) is 0 Å². The van der Waals surface area contributed by atoms with E-state index in [1.807, 2.05) is 0 Å². The van der Waals surface area contributed by atoms with Crippen molar-refractivity contribution in [3.63, 3.8) is 0 Å². The predicted molar refractivity (Wildman–Crippen MR) is 57.7 cm³/mol. The summed E-state index contributed by atoms with van der Waals surface area (Å²) in [6, 6.07) is 7.11. The van der Waals surface area contributed by atoms with Crippen LogP contribution in [0.3, 0.4) is 0 Å². The maximum atomic E-state index is 13.2. The highest BCUT2D eigenvalue weighted by Crippen LogP contribution is 2.47. The molecule has 1 saturated carbocycles. The maximum absolute atomic E-state index is 13.2. The number of rotatable bonds is 2. The van der Waals surface area contributed by atoms with Crippen molar-refractivity contribution in [3.05, 3.63) is 29.8 Å². The van der Waals surface area contributed by atoms with Gasteiger partial charge >= 0.3 is 0 Å². The van der Waals surface area contributed by atoms with Gasteiger partial charge in [-0.05, 0) is 12.5 Å². The Morgan fingerprint density at radius 3 is 2.50 bits per heavy atom. The van der Waals surface area contributed by atoms with E-state index in [-0.39, 0.29) is 12.8 Å². The third-order valence-electron chi connectivity index (χ3n) is 3.15. The van der Waals surface area contributed by atoms with Crippen LogP contribution in [0, 0.1) is 0 Å². The Bertz CT molecular complexity index is 394. The van der Waals surface area contributed by atoms with Crippen molar-refractivity contribution < 1.29 is 13.5 Å². The average molecular weight is 227 g/mol. The van der Waals surface area contributed by atoms with E-state index >= 15 is 0 Å². The topological polar surface area (TPSA) is 35.2 Å². The molecule has 1 aromatic carbocycles. The molecule has 2 rings (SSSR count). The van der Waals surface area contributed by atoms with E-state index in [9.17, 15) is 8.78 Å². The second-order valence-corrected chi connectivity index (χ2v) is 4.39. The Morgan fingerprint density at radius 2 is 1.94 bits per heavy atom. The molecule has 0 aromatic heterocycles. The molecule has 0 heterocycles. The molecule has 0 aliphatic heterocycles. The van der Waals surface area contributed by atoms with Crippen molar-refractivity contribution in [2.24, 2.45) is 5.73 Å². The lowest BCUT2D eigenvalue weighted by atomic mass is 9.88. The third kappa shape index (κ3) is 1.89. The summed E-state index contributed by atoms with van der Waals surface area (Å²) in [6.07, 6.45) is -0.164. The third-order valence-corrected chi connectivity index (χ3v) is 3.15. The lowest BCUT2D eigenvalue weighted by molar-refractivity contribution is 0.00282. The van der Waals surface area contributed by atoms with Crippen LogP contribution in [-0.4, -0.2) is 13.0 Å². The van der Waals surface area contributed by atoms with E-state index in [4.69, 9.17) is 10.5 Å². The Hall–Kier alpha value is -1.16. The van der Waals surface area contributed by atoms with Crippen LogP contribution in [0.15, 0.2) is 24.3 Å². The SMILES string of the molecule is COc1ccccc1C1(N)CCC(F)(F)C1. The summed E-state index contributed by atoms with van der Waals surface area (Å²) in [4.78, 5) is 0. The minimum Gasteiger partial charge on any atom is -0.496 e. The minimum atomic E-state index is -2.66. The Labute approximate surface area is 93.4 Å². The van der Waals surface area contributed by atoms with E-state index in [2.05, 4.69) is 0 Å². The predicted octanol–water partition coefficient (Wildman–Crippen LogP) is 2.67. The van der Waals surface area contributed by atoms with Gasteiger partial charge in [-0.2, -0.15) is 0 Å². The lowest BCUT2D eigenvalue weighted by Crippen LogP contribution is -2.35. The fraction of sp³-hybridized carbons (Fsp3) is 0.500. The molecule has 1 atom stereocenters. The molecule has 4 heteroatoms. The van der Waals surface area contributed by atoms with Gasteiger partial charge in [-0.1, -0.05) is 18.2 Å². The molecule has 0 spiro atoms. The zero-order chi connectivity index (χ0) is 11.8. The van der Waals surface area contributed by atoms with Gasteiger partial charge in [0.25, 0.3) is 0 Å². The molecule has 2 N–H and O–H groups in total. The van der Waals surface area contributed by atoms with Crippen molar-refractivity contribution in [3.8, 4) is 5.75 Å². The van der Waals surface area contributed by atoms with Crippen molar-refractivity contribution in [2.45, 2.75) is 30.7 Å². The molecule has 0 amide bonds. The summed E-state index contributed by atoms with van der Waals surface area (Å²) < 4.78 is 31.6. The Kier molecular flexibility index (Phi) is 2.62. The van der Waals surface area contributed by atoms with Gasteiger partial charge in [-0.25, -0.2) is 8.78 Å². The lowest BCUT2D eigenvalue weighted by Gasteiger charge is -2.26. The van der Waals surface area contributed by atoms with Crippen LogP contribution in [0.5, 0.6) is 5.75 Å². The second kappa shape index (κ2) is 3.70. The van der Waals surface area contributed by atoms with Crippen LogP contribution in [0.4, 0.5) is 8.78 Å². The smallest absolute Gasteiger partial charge is 0.250 e. The van der Waals surface area contributed by atoms with Crippen LogP contribution in [0.2, 0.25) is 0 Å². The first-order valence-corrected chi connectivity index (χ1v) is 5.27. The summed E-state index contributed by atoms with van der Waals surface area (Å²) in [6.45, 7) is 0. The number of nitrogens with two attached hydrogens (primary N) is 1. The van der Waals surface area contributed by atoms with Gasteiger partial charge in [0, 0.05) is 18.4 Å². The molecule has 16 heavy (non-hydrogen) atoms. The number of hydrogen-bond donors (Lipinski definition) is 1. The number of methoxy groups -OCH3 is 1. The summed E-state index contributed by atoms with van der Waals surface area (Å²) in [5.41, 5.74) is 5.79. The number of benzene rings is 1. The molecule has 1 aliphatic carbocycles. The molecular formula is C12H15F2NO. The molecule has 88 valence electrons. The fourth-order valence-electron chi connectivity index (χ4n) is 2.33. The molecule has 1 aromatic rings. The monoisotopic (exact) mass is 227 g/mol. The first kappa shape index (κ1) is 11.3. The van der Waals surface area contributed by atoms with E-state index in [0.29, 0.717) is 17.7 Å². The molecule has 0 radical (unpaired) electrons. The van der Waals surface area contributed by atoms with E-state index < -0.39 is 11.5 Å². The quantitative estimate of drug-likeness (QED) is 0.843. The standard InChI is InChI=1S/C12H15F2NO/c1-16-10-5-3-2-4-9(10)11(15)6-7-12(13,14)8-11/h2-5H,6-8,15H2,1H3. The molecule has 2 nitrogen and oxygen atoms in total. The number of alkyl halides is 2. The first-order chi connectivity index (χ1) is 7.47. The number of ether oxygens (including phenoxy) is 1. The summed E-state index contributed by atoms with van der Waals surface area (Å²) >= 11 is 0. The van der Waals surface area contributed by atoms with Gasteiger partial charge in [-0.15, -0.1) is 0 Å². The van der Waals surface area contributed by atoms with Gasteiger partial charge in [-0.3, -0.25) is 0 Å². The van der Waals surface area contributed by atoms with Crippen molar-refractivity contribution in [1.29, 1.82) is 0 Å². The largest absolute Gasteiger partial charge is 0.496 e. The first-order valence-electron chi connectivity index (χ1n) is 5.27. The molecule has 1 aliphatic rings. The van der Waals surface area contributed by atoms with Gasteiger partial charge < -0.3 is 10.5 Å². The Morgan fingerprint density at radius 1 is 1.25 bits per heavy atom. The van der Waals surface area contributed by atoms with E-state index in [1.54, 1.807) is 24.3 Å². The van der Waals surface area contributed by atoms with E-state index in [1.165, 1.54) is 7.11 Å². The number of hydrogen-bond acceptors (Lipinski definition) is 2. The maximum Gasteiger partial charge on any atom is 0.250 e. The zero-order valence-corrected chi connectivity index (χ0v) is 9.17. The number of para-hydroxylation sites is 1. The van der Waals surface area contributed by atoms with Crippen molar-refractivity contribution >= 4 is 0 Å². The highest BCUT2D eigenvalue weighted by molar-refractivity contribution is 5.40. The molecule has 0 bridgehead atoms. The summed E-state index contributed by atoms with van der Waals surface area (Å²) in [7, 11) is 1.52. The average Bonchev–Trinajstić information content (AvgIpc) is 2.54. The van der Waals surface area contributed by atoms with Crippen molar-refractivity contribution in [1.82, 2.24) is 0 Å². The zero-order valence-electron chi connectivity index (χ0n) is 9.17. The molecule has 0 saturated heterocycles. The van der Waals surface area contributed by atoms with Crippen LogP contribution in [0.25, 0.3) is 0 Å². The summed E-state index contributed by atoms with van der Waals surface area (Å²) in [5.74, 6) is -2.07. The van der Waals surface area contributed by atoms with Crippen LogP contribution < -0.4 is 10.5 Å². The van der Waals surface area contributed by atoms with Gasteiger partial charge in [0.2, 0.25) is 5.92 Å². The van der Waals surface area contributed by atoms with Crippen LogP contribution in [-0.2, 0) is 5.54 Å². The van der Waals surface area contributed by atoms with Gasteiger partial charge in [0.05, 0.1) is 12.6 Å². The summed E-state index contributed by atoms with van der Waals surface area (Å²) in [5, 5.41) is 0. The van der Waals surface area contributed by atoms with Gasteiger partial charge in [0.15, 0.2) is 0 Å². The number of halogens is 2.